The molecule has 1 atom stereocenters. The lowest BCUT2D eigenvalue weighted by Gasteiger charge is -2.24. The first-order valence-corrected chi connectivity index (χ1v) is 8.33. The highest BCUT2D eigenvalue weighted by molar-refractivity contribution is 5.68. The third kappa shape index (κ3) is 3.13. The van der Waals surface area contributed by atoms with Crippen LogP contribution in [0.1, 0.15) is 48.2 Å². The molecule has 0 saturated carbocycles. The molecule has 2 heterocycles. The summed E-state index contributed by atoms with van der Waals surface area (Å²) in [5, 5.41) is 9.45. The van der Waals surface area contributed by atoms with Gasteiger partial charge in [-0.3, -0.25) is 9.88 Å². The SMILES string of the molecule is Cc1cc(C#N)c(-c2cccc([C@@H](C)N3CCCC3)c2)nc1C. The van der Waals surface area contributed by atoms with Gasteiger partial charge in [-0.25, -0.2) is 0 Å². The van der Waals surface area contributed by atoms with Crippen LogP contribution < -0.4 is 0 Å². The van der Waals surface area contributed by atoms with E-state index in [4.69, 9.17) is 0 Å². The van der Waals surface area contributed by atoms with Crippen LogP contribution in [0.4, 0.5) is 0 Å². The Balaban J connectivity index is 2.00. The number of hydrogen-bond donors (Lipinski definition) is 0. The van der Waals surface area contributed by atoms with Gasteiger partial charge in [0.25, 0.3) is 0 Å². The molecule has 0 N–H and O–H groups in total. The molecular weight excluding hydrogens is 282 g/mol. The smallest absolute Gasteiger partial charge is 0.101 e. The summed E-state index contributed by atoms with van der Waals surface area (Å²) < 4.78 is 0. The van der Waals surface area contributed by atoms with Crippen LogP contribution in [0, 0.1) is 25.2 Å². The van der Waals surface area contributed by atoms with Crippen LogP contribution in [-0.2, 0) is 0 Å². The van der Waals surface area contributed by atoms with E-state index < -0.39 is 0 Å². The summed E-state index contributed by atoms with van der Waals surface area (Å²) in [5.41, 5.74) is 5.83. The molecule has 23 heavy (non-hydrogen) atoms. The first kappa shape index (κ1) is 15.7. The summed E-state index contributed by atoms with van der Waals surface area (Å²) in [4.78, 5) is 7.20. The van der Waals surface area contributed by atoms with Crippen molar-refractivity contribution >= 4 is 0 Å². The zero-order chi connectivity index (χ0) is 16.4. The molecular formula is C20H23N3. The summed E-state index contributed by atoms with van der Waals surface area (Å²) in [6.45, 7) is 8.62. The van der Waals surface area contributed by atoms with Gasteiger partial charge in [0.15, 0.2) is 0 Å². The second-order valence-corrected chi connectivity index (χ2v) is 6.44. The predicted molar refractivity (Wildman–Crippen MR) is 93.1 cm³/mol. The van der Waals surface area contributed by atoms with Gasteiger partial charge in [-0.15, -0.1) is 0 Å². The molecule has 3 rings (SSSR count). The van der Waals surface area contributed by atoms with E-state index >= 15 is 0 Å². The highest BCUT2D eigenvalue weighted by atomic mass is 15.2. The summed E-state index contributed by atoms with van der Waals surface area (Å²) in [5.74, 6) is 0. The fourth-order valence-corrected chi connectivity index (χ4v) is 3.30. The van der Waals surface area contributed by atoms with Crippen molar-refractivity contribution in [3.63, 3.8) is 0 Å². The summed E-state index contributed by atoms with van der Waals surface area (Å²) in [6.07, 6.45) is 2.59. The molecule has 0 unspecified atom stereocenters. The number of pyridine rings is 1. The number of rotatable bonds is 3. The van der Waals surface area contributed by atoms with Crippen molar-refractivity contribution < 1.29 is 0 Å². The van der Waals surface area contributed by atoms with E-state index in [0.717, 1.165) is 22.5 Å². The molecule has 1 aromatic heterocycles. The Bertz CT molecular complexity index is 752. The van der Waals surface area contributed by atoms with Crippen molar-refractivity contribution in [2.24, 2.45) is 0 Å². The quantitative estimate of drug-likeness (QED) is 0.844. The average molecular weight is 305 g/mol. The van der Waals surface area contributed by atoms with Gasteiger partial charge >= 0.3 is 0 Å². The van der Waals surface area contributed by atoms with Crippen molar-refractivity contribution in [3.8, 4) is 17.3 Å². The molecule has 0 radical (unpaired) electrons. The third-order valence-electron chi connectivity index (χ3n) is 4.92. The minimum atomic E-state index is 0.412. The van der Waals surface area contributed by atoms with Gasteiger partial charge in [-0.05, 0) is 70.0 Å². The molecule has 0 spiro atoms. The molecule has 1 aromatic carbocycles. The molecule has 1 saturated heterocycles. The van der Waals surface area contributed by atoms with Crippen molar-refractivity contribution in [2.75, 3.05) is 13.1 Å². The lowest BCUT2D eigenvalue weighted by Crippen LogP contribution is -2.23. The third-order valence-corrected chi connectivity index (χ3v) is 4.92. The Hall–Kier alpha value is -2.18. The van der Waals surface area contributed by atoms with Gasteiger partial charge in [0.2, 0.25) is 0 Å². The normalized spacial score (nSPS) is 16.3. The van der Waals surface area contributed by atoms with E-state index in [1.165, 1.54) is 31.5 Å². The van der Waals surface area contributed by atoms with E-state index in [0.29, 0.717) is 11.6 Å². The van der Waals surface area contributed by atoms with Crippen LogP contribution in [0.25, 0.3) is 11.3 Å². The van der Waals surface area contributed by atoms with Crippen LogP contribution in [0.3, 0.4) is 0 Å². The van der Waals surface area contributed by atoms with E-state index in [1.54, 1.807) is 0 Å². The van der Waals surface area contributed by atoms with Gasteiger partial charge in [0.05, 0.1) is 11.3 Å². The molecule has 3 nitrogen and oxygen atoms in total. The second kappa shape index (κ2) is 6.52. The number of likely N-dealkylation sites (tertiary alicyclic amines) is 1. The van der Waals surface area contributed by atoms with Gasteiger partial charge in [0.1, 0.15) is 6.07 Å². The summed E-state index contributed by atoms with van der Waals surface area (Å²) in [6, 6.07) is 13.2. The lowest BCUT2D eigenvalue weighted by molar-refractivity contribution is 0.263. The van der Waals surface area contributed by atoms with E-state index in [9.17, 15) is 5.26 Å². The van der Waals surface area contributed by atoms with Crippen LogP contribution in [0.2, 0.25) is 0 Å². The number of nitriles is 1. The number of aromatic nitrogens is 1. The van der Waals surface area contributed by atoms with Crippen molar-refractivity contribution in [3.05, 3.63) is 52.7 Å². The first-order chi connectivity index (χ1) is 11.1. The first-order valence-electron chi connectivity index (χ1n) is 8.33. The zero-order valence-corrected chi connectivity index (χ0v) is 14.1. The minimum Gasteiger partial charge on any atom is -0.297 e. The van der Waals surface area contributed by atoms with Gasteiger partial charge in [-0.1, -0.05) is 18.2 Å². The van der Waals surface area contributed by atoms with E-state index in [1.807, 2.05) is 19.9 Å². The maximum absolute atomic E-state index is 9.45. The molecule has 1 aliphatic rings. The fourth-order valence-electron chi connectivity index (χ4n) is 3.30. The molecule has 118 valence electrons. The highest BCUT2D eigenvalue weighted by Gasteiger charge is 2.20. The molecule has 0 amide bonds. The number of aryl methyl sites for hydroxylation is 2. The largest absolute Gasteiger partial charge is 0.297 e. The van der Waals surface area contributed by atoms with E-state index in [-0.39, 0.29) is 0 Å². The maximum Gasteiger partial charge on any atom is 0.101 e. The van der Waals surface area contributed by atoms with Crippen molar-refractivity contribution in [2.45, 2.75) is 39.7 Å². The Morgan fingerprint density at radius 2 is 1.91 bits per heavy atom. The molecule has 3 heteroatoms. The van der Waals surface area contributed by atoms with Crippen molar-refractivity contribution in [1.29, 1.82) is 5.26 Å². The summed E-state index contributed by atoms with van der Waals surface area (Å²) >= 11 is 0. The Kier molecular flexibility index (Phi) is 4.45. The van der Waals surface area contributed by atoms with Gasteiger partial charge in [0, 0.05) is 17.3 Å². The van der Waals surface area contributed by atoms with Crippen LogP contribution in [0.15, 0.2) is 30.3 Å². The monoisotopic (exact) mass is 305 g/mol. The molecule has 1 fully saturated rings. The molecule has 0 aliphatic carbocycles. The van der Waals surface area contributed by atoms with Gasteiger partial charge in [-0.2, -0.15) is 5.26 Å². The Morgan fingerprint density at radius 1 is 1.17 bits per heavy atom. The Labute approximate surface area is 138 Å². The Morgan fingerprint density at radius 3 is 2.61 bits per heavy atom. The number of hydrogen-bond acceptors (Lipinski definition) is 3. The number of benzene rings is 1. The highest BCUT2D eigenvalue weighted by Crippen LogP contribution is 2.29. The standard InChI is InChI=1S/C20H23N3/c1-14-11-19(13-21)20(22-15(14)2)18-8-6-7-17(12-18)16(3)23-9-4-5-10-23/h6-8,11-12,16H,4-5,9-10H2,1-3H3/t16-/m1/s1. The van der Waals surface area contributed by atoms with Crippen LogP contribution >= 0.6 is 0 Å². The fraction of sp³-hybridized carbons (Fsp3) is 0.400. The number of nitrogens with zero attached hydrogens (tertiary/aromatic N) is 3. The van der Waals surface area contributed by atoms with Crippen LogP contribution in [-0.4, -0.2) is 23.0 Å². The minimum absolute atomic E-state index is 0.412. The molecule has 0 bridgehead atoms. The second-order valence-electron chi connectivity index (χ2n) is 6.44. The van der Waals surface area contributed by atoms with Gasteiger partial charge < -0.3 is 0 Å². The molecule has 1 aliphatic heterocycles. The average Bonchev–Trinajstić information content (AvgIpc) is 3.11. The lowest BCUT2D eigenvalue weighted by atomic mass is 9.99. The van der Waals surface area contributed by atoms with Crippen LogP contribution in [0.5, 0.6) is 0 Å². The van der Waals surface area contributed by atoms with Crippen molar-refractivity contribution in [1.82, 2.24) is 9.88 Å². The molecule has 2 aromatic rings. The predicted octanol–water partition coefficient (Wildman–Crippen LogP) is 4.39. The van der Waals surface area contributed by atoms with E-state index in [2.05, 4.69) is 47.1 Å². The topological polar surface area (TPSA) is 39.9 Å². The zero-order valence-electron chi connectivity index (χ0n) is 14.1. The maximum atomic E-state index is 9.45. The summed E-state index contributed by atoms with van der Waals surface area (Å²) in [7, 11) is 0.